The summed E-state index contributed by atoms with van der Waals surface area (Å²) in [6.45, 7) is 2.32. The minimum Gasteiger partial charge on any atom is -0.397 e. The predicted octanol–water partition coefficient (Wildman–Crippen LogP) is 2.77. The van der Waals surface area contributed by atoms with Crippen LogP contribution in [0, 0.1) is 23.1 Å². The van der Waals surface area contributed by atoms with E-state index in [-0.39, 0.29) is 11.7 Å². The van der Waals surface area contributed by atoms with Gasteiger partial charge in [0.05, 0.1) is 27.8 Å². The number of nitrogens with two attached hydrogens (primary N) is 1. The van der Waals surface area contributed by atoms with Gasteiger partial charge < -0.3 is 10.6 Å². The second-order valence-corrected chi connectivity index (χ2v) is 4.59. The summed E-state index contributed by atoms with van der Waals surface area (Å²) >= 11 is 3.07. The zero-order valence-corrected chi connectivity index (χ0v) is 10.8. The molecule has 0 aliphatic carbocycles. The Kier molecular flexibility index (Phi) is 4.13. The number of rotatable bonds is 3. The Hall–Kier alpha value is -1.28. The van der Waals surface area contributed by atoms with Crippen LogP contribution in [-0.4, -0.2) is 13.6 Å². The highest BCUT2D eigenvalue weighted by atomic mass is 79.9. The van der Waals surface area contributed by atoms with Crippen molar-refractivity contribution in [3.8, 4) is 6.07 Å². The van der Waals surface area contributed by atoms with Gasteiger partial charge in [-0.3, -0.25) is 0 Å². The van der Waals surface area contributed by atoms with Crippen molar-refractivity contribution in [2.75, 3.05) is 24.2 Å². The molecule has 86 valence electrons. The molecule has 0 radical (unpaired) electrons. The van der Waals surface area contributed by atoms with Crippen LogP contribution in [0.2, 0.25) is 0 Å². The molecule has 0 aromatic heterocycles. The Balaban J connectivity index is 2.96. The lowest BCUT2D eigenvalue weighted by molar-refractivity contribution is 0.619. The third-order valence-electron chi connectivity index (χ3n) is 2.25. The van der Waals surface area contributed by atoms with Gasteiger partial charge in [0.25, 0.3) is 0 Å². The molecule has 3 nitrogen and oxygen atoms in total. The summed E-state index contributed by atoms with van der Waals surface area (Å²) in [5.41, 5.74) is 6.87. The van der Waals surface area contributed by atoms with Crippen molar-refractivity contribution in [2.24, 2.45) is 5.92 Å². The van der Waals surface area contributed by atoms with Crippen molar-refractivity contribution in [3.05, 3.63) is 22.4 Å². The molecule has 0 fully saturated rings. The molecule has 0 aliphatic heterocycles. The van der Waals surface area contributed by atoms with E-state index in [2.05, 4.69) is 22.0 Å². The van der Waals surface area contributed by atoms with Crippen LogP contribution in [0.25, 0.3) is 0 Å². The van der Waals surface area contributed by atoms with Crippen LogP contribution in [0.1, 0.15) is 6.92 Å². The highest BCUT2D eigenvalue weighted by molar-refractivity contribution is 9.10. The molecule has 0 amide bonds. The highest BCUT2D eigenvalue weighted by Crippen LogP contribution is 2.29. The van der Waals surface area contributed by atoms with Gasteiger partial charge >= 0.3 is 0 Å². The van der Waals surface area contributed by atoms with E-state index in [0.717, 1.165) is 0 Å². The molecule has 5 heteroatoms. The number of nitriles is 1. The van der Waals surface area contributed by atoms with Gasteiger partial charge in [0.2, 0.25) is 0 Å². The monoisotopic (exact) mass is 285 g/mol. The van der Waals surface area contributed by atoms with E-state index in [1.807, 2.05) is 6.92 Å². The van der Waals surface area contributed by atoms with Gasteiger partial charge in [-0.15, -0.1) is 0 Å². The largest absolute Gasteiger partial charge is 0.397 e. The van der Waals surface area contributed by atoms with E-state index in [4.69, 9.17) is 11.0 Å². The van der Waals surface area contributed by atoms with Crippen LogP contribution in [0.15, 0.2) is 16.6 Å². The van der Waals surface area contributed by atoms with Crippen LogP contribution in [0.5, 0.6) is 0 Å². The Bertz CT molecular complexity index is 428. The average molecular weight is 286 g/mol. The maximum absolute atomic E-state index is 13.3. The first kappa shape index (κ1) is 12.8. The number of hydrogen-bond donors (Lipinski definition) is 1. The molecule has 0 heterocycles. The standard InChI is InChI=1S/C11H13BrFN3/c1-7(5-14)6-16(2)11-4-9(13)8(12)3-10(11)15/h3-4,7H,6,15H2,1-2H3. The molecule has 1 aromatic carbocycles. The lowest BCUT2D eigenvalue weighted by Gasteiger charge is -2.22. The summed E-state index contributed by atoms with van der Waals surface area (Å²) in [4.78, 5) is 1.78. The molecule has 0 spiro atoms. The van der Waals surface area contributed by atoms with Crippen molar-refractivity contribution in [2.45, 2.75) is 6.92 Å². The van der Waals surface area contributed by atoms with Crippen molar-refractivity contribution in [1.82, 2.24) is 0 Å². The summed E-state index contributed by atoms with van der Waals surface area (Å²) in [6, 6.07) is 5.02. The molecule has 1 rings (SSSR count). The number of nitrogen functional groups attached to an aromatic ring is 1. The number of nitrogens with zero attached hydrogens (tertiary/aromatic N) is 2. The minimum atomic E-state index is -0.360. The van der Waals surface area contributed by atoms with E-state index in [1.54, 1.807) is 11.9 Å². The molecule has 0 bridgehead atoms. The first-order chi connectivity index (χ1) is 7.45. The summed E-state index contributed by atoms with van der Waals surface area (Å²) in [5, 5.41) is 8.71. The van der Waals surface area contributed by atoms with Crippen LogP contribution in [0.3, 0.4) is 0 Å². The molecule has 0 saturated heterocycles. The molecule has 1 unspecified atom stereocenters. The van der Waals surface area contributed by atoms with Gasteiger partial charge in [-0.2, -0.15) is 5.26 Å². The second kappa shape index (κ2) is 5.17. The smallest absolute Gasteiger partial charge is 0.139 e. The van der Waals surface area contributed by atoms with E-state index in [0.29, 0.717) is 22.4 Å². The second-order valence-electron chi connectivity index (χ2n) is 3.74. The van der Waals surface area contributed by atoms with Crippen molar-refractivity contribution < 1.29 is 4.39 Å². The topological polar surface area (TPSA) is 53.0 Å². The molecular formula is C11H13BrFN3. The molecule has 2 N–H and O–H groups in total. The molecular weight excluding hydrogens is 273 g/mol. The van der Waals surface area contributed by atoms with Crippen LogP contribution >= 0.6 is 15.9 Å². The third-order valence-corrected chi connectivity index (χ3v) is 2.86. The highest BCUT2D eigenvalue weighted by Gasteiger charge is 2.12. The summed E-state index contributed by atoms with van der Waals surface area (Å²) < 4.78 is 13.7. The zero-order chi connectivity index (χ0) is 12.3. The molecule has 0 saturated carbocycles. The fourth-order valence-corrected chi connectivity index (χ4v) is 1.79. The third kappa shape index (κ3) is 2.86. The quantitative estimate of drug-likeness (QED) is 0.869. The lowest BCUT2D eigenvalue weighted by atomic mass is 10.1. The fraction of sp³-hybridized carbons (Fsp3) is 0.364. The Morgan fingerprint density at radius 2 is 2.25 bits per heavy atom. The number of hydrogen-bond acceptors (Lipinski definition) is 3. The van der Waals surface area contributed by atoms with E-state index >= 15 is 0 Å². The Morgan fingerprint density at radius 1 is 1.62 bits per heavy atom. The summed E-state index contributed by atoms with van der Waals surface area (Å²) in [6.07, 6.45) is 0. The van der Waals surface area contributed by atoms with Gasteiger partial charge in [0.15, 0.2) is 0 Å². The fourth-order valence-electron chi connectivity index (χ4n) is 1.43. The minimum absolute atomic E-state index is 0.129. The SMILES string of the molecule is CC(C#N)CN(C)c1cc(F)c(Br)cc1N. The lowest BCUT2D eigenvalue weighted by Crippen LogP contribution is -2.24. The van der Waals surface area contributed by atoms with Crippen LogP contribution < -0.4 is 10.6 Å². The normalized spacial score (nSPS) is 11.9. The molecule has 1 aromatic rings. The first-order valence-corrected chi connectivity index (χ1v) is 5.60. The van der Waals surface area contributed by atoms with E-state index in [9.17, 15) is 4.39 Å². The van der Waals surface area contributed by atoms with Gasteiger partial charge in [0, 0.05) is 19.7 Å². The van der Waals surface area contributed by atoms with Gasteiger partial charge in [-0.05, 0) is 28.9 Å². The summed E-state index contributed by atoms with van der Waals surface area (Å²) in [7, 11) is 1.78. The van der Waals surface area contributed by atoms with Crippen molar-refractivity contribution in [1.29, 1.82) is 5.26 Å². The summed E-state index contributed by atoms with van der Waals surface area (Å²) in [5.74, 6) is -0.489. The number of halogens is 2. The van der Waals surface area contributed by atoms with Crippen LogP contribution in [0.4, 0.5) is 15.8 Å². The van der Waals surface area contributed by atoms with Gasteiger partial charge in [0.1, 0.15) is 5.82 Å². The maximum atomic E-state index is 13.3. The van der Waals surface area contributed by atoms with Gasteiger partial charge in [-0.1, -0.05) is 0 Å². The van der Waals surface area contributed by atoms with Gasteiger partial charge in [-0.25, -0.2) is 4.39 Å². The maximum Gasteiger partial charge on any atom is 0.139 e. The molecule has 0 aliphatic rings. The van der Waals surface area contributed by atoms with E-state index in [1.165, 1.54) is 12.1 Å². The first-order valence-electron chi connectivity index (χ1n) is 4.81. The molecule has 1 atom stereocenters. The number of benzene rings is 1. The van der Waals surface area contributed by atoms with Crippen LogP contribution in [-0.2, 0) is 0 Å². The van der Waals surface area contributed by atoms with E-state index < -0.39 is 0 Å². The Morgan fingerprint density at radius 3 is 2.81 bits per heavy atom. The van der Waals surface area contributed by atoms with Crippen molar-refractivity contribution >= 4 is 27.3 Å². The predicted molar refractivity (Wildman–Crippen MR) is 66.6 cm³/mol. The number of anilines is 2. The van der Waals surface area contributed by atoms with Crippen molar-refractivity contribution in [3.63, 3.8) is 0 Å². The Labute approximate surface area is 103 Å². The zero-order valence-electron chi connectivity index (χ0n) is 9.17. The molecule has 16 heavy (non-hydrogen) atoms. The average Bonchev–Trinajstić information content (AvgIpc) is 2.23.